The first kappa shape index (κ1) is 16.2. The second-order valence-corrected chi connectivity index (χ2v) is 4.93. The van der Waals surface area contributed by atoms with E-state index in [1.165, 1.54) is 0 Å². The molecule has 0 radical (unpaired) electrons. The van der Waals surface area contributed by atoms with Crippen molar-refractivity contribution in [1.29, 1.82) is 0 Å². The summed E-state index contributed by atoms with van der Waals surface area (Å²) in [4.78, 5) is 22.9. The summed E-state index contributed by atoms with van der Waals surface area (Å²) in [5.74, 6) is 0.609. The number of carbonyl (C=O) groups excluding carboxylic acids is 2. The Morgan fingerprint density at radius 1 is 1.27 bits per heavy atom. The predicted molar refractivity (Wildman–Crippen MR) is 79.1 cm³/mol. The summed E-state index contributed by atoms with van der Waals surface area (Å²) >= 11 is 6.15. The van der Waals surface area contributed by atoms with Crippen LogP contribution in [0.15, 0.2) is 12.1 Å². The molecule has 0 unspecified atom stereocenters. The van der Waals surface area contributed by atoms with Gasteiger partial charge in [0, 0.05) is 6.42 Å². The van der Waals surface area contributed by atoms with Crippen LogP contribution in [0.4, 0.5) is 4.79 Å². The van der Waals surface area contributed by atoms with Gasteiger partial charge in [0.2, 0.25) is 5.91 Å². The summed E-state index contributed by atoms with van der Waals surface area (Å²) in [6.07, 6.45) is 0.0834. The van der Waals surface area contributed by atoms with Crippen LogP contribution in [0, 0.1) is 0 Å². The third-order valence-corrected chi connectivity index (χ3v) is 3.09. The average molecular weight is 329 g/mol. The highest BCUT2D eigenvalue weighted by atomic mass is 35.5. The lowest BCUT2D eigenvalue weighted by atomic mass is 10.1. The van der Waals surface area contributed by atoms with Crippen LogP contribution in [0.2, 0.25) is 5.02 Å². The predicted octanol–water partition coefficient (Wildman–Crippen LogP) is 1.82. The third-order valence-electron chi connectivity index (χ3n) is 2.81. The number of fused-ring (bicyclic) bond motifs is 1. The number of rotatable bonds is 3. The van der Waals surface area contributed by atoms with Gasteiger partial charge in [-0.15, -0.1) is 0 Å². The van der Waals surface area contributed by atoms with Crippen molar-refractivity contribution in [3.05, 3.63) is 22.7 Å². The summed E-state index contributed by atoms with van der Waals surface area (Å²) in [6.45, 7) is 2.96. The van der Waals surface area contributed by atoms with Gasteiger partial charge in [-0.1, -0.05) is 11.6 Å². The topological polar surface area (TPSA) is 85.9 Å². The second-order valence-electron chi connectivity index (χ2n) is 4.53. The van der Waals surface area contributed by atoms with Crippen molar-refractivity contribution >= 4 is 23.6 Å². The van der Waals surface area contributed by atoms with Crippen LogP contribution in [0.5, 0.6) is 11.5 Å². The molecule has 1 heterocycles. The van der Waals surface area contributed by atoms with Crippen molar-refractivity contribution in [3.8, 4) is 11.5 Å². The Bertz CT molecular complexity index is 564. The molecule has 0 saturated heterocycles. The van der Waals surface area contributed by atoms with Crippen molar-refractivity contribution < 1.29 is 23.8 Å². The first-order valence-electron chi connectivity index (χ1n) is 6.89. The third kappa shape index (κ3) is 4.42. The van der Waals surface area contributed by atoms with E-state index in [0.29, 0.717) is 35.3 Å². The Kier molecular flexibility index (Phi) is 5.71. The van der Waals surface area contributed by atoms with Crippen LogP contribution >= 0.6 is 11.6 Å². The summed E-state index contributed by atoms with van der Waals surface area (Å²) in [6, 6.07) is 3.34. The maximum absolute atomic E-state index is 11.8. The summed E-state index contributed by atoms with van der Waals surface area (Å²) < 4.78 is 15.7. The lowest BCUT2D eigenvalue weighted by Gasteiger charge is -2.12. The summed E-state index contributed by atoms with van der Waals surface area (Å²) in [5.41, 5.74) is 5.04. The molecule has 1 aromatic carbocycles. The summed E-state index contributed by atoms with van der Waals surface area (Å²) in [7, 11) is 0. The van der Waals surface area contributed by atoms with Crippen molar-refractivity contribution in [2.75, 3.05) is 19.8 Å². The molecule has 120 valence electrons. The molecule has 1 aliphatic heterocycles. The Hall–Kier alpha value is -2.15. The Balaban J connectivity index is 1.98. The van der Waals surface area contributed by atoms with Gasteiger partial charge >= 0.3 is 6.09 Å². The Morgan fingerprint density at radius 2 is 2.05 bits per heavy atom. The first-order chi connectivity index (χ1) is 10.6. The molecule has 2 amide bonds. The van der Waals surface area contributed by atoms with E-state index in [-0.39, 0.29) is 13.0 Å². The highest BCUT2D eigenvalue weighted by molar-refractivity contribution is 6.32. The number of amides is 2. The minimum absolute atomic E-state index is 0.0305. The van der Waals surface area contributed by atoms with Gasteiger partial charge in [0.05, 0.1) is 31.3 Å². The molecule has 2 N–H and O–H groups in total. The van der Waals surface area contributed by atoms with E-state index in [4.69, 9.17) is 21.1 Å². The van der Waals surface area contributed by atoms with E-state index in [1.54, 1.807) is 19.1 Å². The second kappa shape index (κ2) is 7.74. The maximum Gasteiger partial charge on any atom is 0.426 e. The molecule has 22 heavy (non-hydrogen) atoms. The van der Waals surface area contributed by atoms with Crippen LogP contribution in [0.1, 0.15) is 18.9 Å². The fourth-order valence-corrected chi connectivity index (χ4v) is 2.19. The molecule has 0 spiro atoms. The standard InChI is InChI=1S/C14H17ClN2O5/c1-2-20-14(19)17-16-12(18)8-9-6-10(15)13-11(7-9)21-4-3-5-22-13/h6-7H,2-5,8H2,1H3,(H,16,18)(H,17,19). The lowest BCUT2D eigenvalue weighted by molar-refractivity contribution is -0.121. The van der Waals surface area contributed by atoms with Crippen molar-refractivity contribution in [2.24, 2.45) is 0 Å². The molecule has 0 bridgehead atoms. The normalized spacial score (nSPS) is 13.0. The minimum atomic E-state index is -0.715. The number of ether oxygens (including phenoxy) is 3. The van der Waals surface area contributed by atoms with Crippen molar-refractivity contribution in [1.82, 2.24) is 10.9 Å². The smallest absolute Gasteiger partial charge is 0.426 e. The van der Waals surface area contributed by atoms with E-state index in [1.807, 2.05) is 0 Å². The van der Waals surface area contributed by atoms with Gasteiger partial charge in [-0.25, -0.2) is 10.2 Å². The molecule has 0 atom stereocenters. The first-order valence-corrected chi connectivity index (χ1v) is 7.27. The van der Waals surface area contributed by atoms with Gasteiger partial charge in [0.1, 0.15) is 0 Å². The number of carbonyl (C=O) groups is 2. The molecule has 1 aliphatic rings. The van der Waals surface area contributed by atoms with E-state index >= 15 is 0 Å². The monoisotopic (exact) mass is 328 g/mol. The van der Waals surface area contributed by atoms with E-state index < -0.39 is 12.0 Å². The zero-order chi connectivity index (χ0) is 15.9. The molecule has 0 saturated carbocycles. The number of hydrogen-bond acceptors (Lipinski definition) is 5. The molecule has 8 heteroatoms. The minimum Gasteiger partial charge on any atom is -0.489 e. The van der Waals surface area contributed by atoms with E-state index in [0.717, 1.165) is 6.42 Å². The molecule has 0 aromatic heterocycles. The number of halogens is 1. The molecule has 7 nitrogen and oxygen atoms in total. The molecular weight excluding hydrogens is 312 g/mol. The van der Waals surface area contributed by atoms with E-state index in [2.05, 4.69) is 15.6 Å². The zero-order valence-electron chi connectivity index (χ0n) is 12.1. The van der Waals surface area contributed by atoms with Gasteiger partial charge in [-0.3, -0.25) is 10.2 Å². The number of hydrazine groups is 1. The van der Waals surface area contributed by atoms with Gasteiger partial charge < -0.3 is 14.2 Å². The maximum atomic E-state index is 11.8. The van der Waals surface area contributed by atoms with Crippen molar-refractivity contribution in [3.63, 3.8) is 0 Å². The quantitative estimate of drug-likeness (QED) is 0.827. The van der Waals surface area contributed by atoms with Gasteiger partial charge in [-0.2, -0.15) is 0 Å². The SMILES string of the molecule is CCOC(=O)NNC(=O)Cc1cc(Cl)c2c(c1)OCCCO2. The fourth-order valence-electron chi connectivity index (χ4n) is 1.90. The van der Waals surface area contributed by atoms with Gasteiger partial charge in [0.25, 0.3) is 0 Å². The summed E-state index contributed by atoms with van der Waals surface area (Å²) in [5, 5.41) is 0.389. The van der Waals surface area contributed by atoms with Crippen LogP contribution in [0.3, 0.4) is 0 Å². The lowest BCUT2D eigenvalue weighted by Crippen LogP contribution is -2.42. The number of hydrogen-bond donors (Lipinski definition) is 2. The van der Waals surface area contributed by atoms with Crippen LogP contribution in [-0.2, 0) is 16.0 Å². The van der Waals surface area contributed by atoms with Crippen LogP contribution in [0.25, 0.3) is 0 Å². The van der Waals surface area contributed by atoms with Crippen LogP contribution in [-0.4, -0.2) is 31.8 Å². The largest absolute Gasteiger partial charge is 0.489 e. The van der Waals surface area contributed by atoms with Crippen molar-refractivity contribution in [2.45, 2.75) is 19.8 Å². The number of benzene rings is 1. The van der Waals surface area contributed by atoms with Gasteiger partial charge in [-0.05, 0) is 24.6 Å². The zero-order valence-corrected chi connectivity index (χ0v) is 12.9. The molecule has 1 aromatic rings. The van der Waals surface area contributed by atoms with Crippen LogP contribution < -0.4 is 20.3 Å². The van der Waals surface area contributed by atoms with E-state index in [9.17, 15) is 9.59 Å². The Morgan fingerprint density at radius 3 is 2.82 bits per heavy atom. The average Bonchev–Trinajstić information content (AvgIpc) is 2.71. The molecular formula is C14H17ClN2O5. The Labute approximate surface area is 132 Å². The number of nitrogens with one attached hydrogen (secondary N) is 2. The highest BCUT2D eigenvalue weighted by Crippen LogP contribution is 2.38. The molecule has 0 aliphatic carbocycles. The molecule has 2 rings (SSSR count). The highest BCUT2D eigenvalue weighted by Gasteiger charge is 2.17. The van der Waals surface area contributed by atoms with Gasteiger partial charge in [0.15, 0.2) is 11.5 Å². The fraction of sp³-hybridized carbons (Fsp3) is 0.429. The molecule has 0 fully saturated rings.